The van der Waals surface area contributed by atoms with Crippen LogP contribution >= 0.6 is 27.5 Å². The van der Waals surface area contributed by atoms with Gasteiger partial charge in [0.2, 0.25) is 0 Å². The Morgan fingerprint density at radius 3 is 2.68 bits per heavy atom. The van der Waals surface area contributed by atoms with Crippen molar-refractivity contribution < 1.29 is 4.39 Å². The van der Waals surface area contributed by atoms with E-state index in [0.29, 0.717) is 27.6 Å². The highest BCUT2D eigenvalue weighted by Gasteiger charge is 2.09. The predicted octanol–water partition coefficient (Wildman–Crippen LogP) is 4.44. The highest BCUT2D eigenvalue weighted by atomic mass is 79.9. The molecule has 0 aliphatic heterocycles. The second-order valence-corrected chi connectivity index (χ2v) is 5.07. The van der Waals surface area contributed by atoms with E-state index in [-0.39, 0.29) is 4.47 Å². The number of halogens is 3. The molecule has 0 heterocycles. The van der Waals surface area contributed by atoms with E-state index in [1.807, 2.05) is 6.07 Å². The molecular formula is C13H8BrClFN3. The molecule has 0 saturated carbocycles. The topological polar surface area (TPSA) is 61.8 Å². The third-order valence-electron chi connectivity index (χ3n) is 2.46. The maximum atomic E-state index is 13.5. The van der Waals surface area contributed by atoms with Crippen LogP contribution in [-0.4, -0.2) is 0 Å². The van der Waals surface area contributed by atoms with Crippen LogP contribution in [0.25, 0.3) is 0 Å². The molecular weight excluding hydrogens is 333 g/mol. The molecule has 6 heteroatoms. The van der Waals surface area contributed by atoms with E-state index in [1.54, 1.807) is 18.2 Å². The van der Waals surface area contributed by atoms with Crippen LogP contribution in [0.4, 0.5) is 21.5 Å². The monoisotopic (exact) mass is 339 g/mol. The first-order valence-corrected chi connectivity index (χ1v) is 6.39. The first-order valence-electron chi connectivity index (χ1n) is 5.22. The van der Waals surface area contributed by atoms with Crippen molar-refractivity contribution in [3.8, 4) is 6.07 Å². The second-order valence-electron chi connectivity index (χ2n) is 3.78. The molecule has 0 aromatic heterocycles. The number of nitrogens with two attached hydrogens (primary N) is 1. The number of rotatable bonds is 2. The number of hydrogen-bond acceptors (Lipinski definition) is 3. The fourth-order valence-corrected chi connectivity index (χ4v) is 2.07. The summed E-state index contributed by atoms with van der Waals surface area (Å²) >= 11 is 8.92. The summed E-state index contributed by atoms with van der Waals surface area (Å²) in [5.41, 5.74) is 7.40. The van der Waals surface area contributed by atoms with E-state index in [2.05, 4.69) is 21.2 Å². The fraction of sp³-hybridized carbons (Fsp3) is 0. The summed E-state index contributed by atoms with van der Waals surface area (Å²) in [5, 5.41) is 12.4. The summed E-state index contributed by atoms with van der Waals surface area (Å²) in [6, 6.07) is 9.50. The maximum Gasteiger partial charge on any atom is 0.139 e. The van der Waals surface area contributed by atoms with E-state index >= 15 is 0 Å². The zero-order chi connectivity index (χ0) is 14.0. The van der Waals surface area contributed by atoms with Gasteiger partial charge in [-0.2, -0.15) is 5.26 Å². The Hall–Kier alpha value is -1.77. The van der Waals surface area contributed by atoms with Crippen molar-refractivity contribution in [1.29, 1.82) is 5.26 Å². The molecule has 2 aromatic carbocycles. The van der Waals surface area contributed by atoms with Crippen LogP contribution in [0.2, 0.25) is 5.02 Å². The lowest BCUT2D eigenvalue weighted by Gasteiger charge is -2.12. The van der Waals surface area contributed by atoms with Gasteiger partial charge in [-0.15, -0.1) is 0 Å². The SMILES string of the molecule is N#Cc1ccc(Cl)cc1Nc1cc(F)c(Br)cc1N. The molecule has 0 spiro atoms. The molecule has 2 aromatic rings. The number of nitrogens with zero attached hydrogens (tertiary/aromatic N) is 1. The standard InChI is InChI=1S/C13H8BrClFN3/c14-9-4-11(18)13(5-10(9)16)19-12-3-8(15)2-1-7(12)6-17/h1-5,19H,18H2. The third-order valence-corrected chi connectivity index (χ3v) is 3.31. The Kier molecular flexibility index (Phi) is 3.93. The number of nitrogens with one attached hydrogen (secondary N) is 1. The van der Waals surface area contributed by atoms with Gasteiger partial charge < -0.3 is 11.1 Å². The molecule has 0 fully saturated rings. The van der Waals surface area contributed by atoms with Crippen LogP contribution in [-0.2, 0) is 0 Å². The van der Waals surface area contributed by atoms with Gasteiger partial charge in [-0.1, -0.05) is 11.6 Å². The van der Waals surface area contributed by atoms with Crippen molar-refractivity contribution in [3.05, 3.63) is 51.2 Å². The van der Waals surface area contributed by atoms with E-state index in [1.165, 1.54) is 12.1 Å². The quantitative estimate of drug-likeness (QED) is 0.795. The van der Waals surface area contributed by atoms with Crippen LogP contribution in [0.5, 0.6) is 0 Å². The molecule has 19 heavy (non-hydrogen) atoms. The number of nitrogen functional groups attached to an aromatic ring is 1. The minimum atomic E-state index is -0.447. The number of nitriles is 1. The lowest BCUT2D eigenvalue weighted by molar-refractivity contribution is 0.622. The number of benzene rings is 2. The van der Waals surface area contributed by atoms with Crippen molar-refractivity contribution >= 4 is 44.6 Å². The summed E-state index contributed by atoms with van der Waals surface area (Å²) in [7, 11) is 0. The summed E-state index contributed by atoms with van der Waals surface area (Å²) in [4.78, 5) is 0. The molecule has 0 aliphatic carbocycles. The second kappa shape index (κ2) is 5.47. The Balaban J connectivity index is 2.45. The zero-order valence-electron chi connectivity index (χ0n) is 9.55. The van der Waals surface area contributed by atoms with Gasteiger partial charge in [-0.25, -0.2) is 4.39 Å². The summed E-state index contributed by atoms with van der Waals surface area (Å²) in [5.74, 6) is -0.447. The van der Waals surface area contributed by atoms with E-state index in [4.69, 9.17) is 22.6 Å². The van der Waals surface area contributed by atoms with Crippen LogP contribution < -0.4 is 11.1 Å². The minimum absolute atomic E-state index is 0.280. The molecule has 0 amide bonds. The lowest BCUT2D eigenvalue weighted by atomic mass is 10.1. The molecule has 96 valence electrons. The van der Waals surface area contributed by atoms with E-state index in [9.17, 15) is 4.39 Å². The first-order chi connectivity index (χ1) is 9.01. The van der Waals surface area contributed by atoms with Gasteiger partial charge in [0.25, 0.3) is 0 Å². The largest absolute Gasteiger partial charge is 0.397 e. The molecule has 0 radical (unpaired) electrons. The number of anilines is 3. The van der Waals surface area contributed by atoms with Crippen molar-refractivity contribution in [2.45, 2.75) is 0 Å². The molecule has 0 atom stereocenters. The van der Waals surface area contributed by atoms with E-state index < -0.39 is 5.82 Å². The smallest absolute Gasteiger partial charge is 0.139 e. The van der Waals surface area contributed by atoms with Gasteiger partial charge in [0.15, 0.2) is 0 Å². The summed E-state index contributed by atoms with van der Waals surface area (Å²) in [6.45, 7) is 0. The normalized spacial score (nSPS) is 10.0. The van der Waals surface area contributed by atoms with Gasteiger partial charge in [0, 0.05) is 11.1 Å². The first kappa shape index (κ1) is 13.7. The summed E-state index contributed by atoms with van der Waals surface area (Å²) in [6.07, 6.45) is 0. The van der Waals surface area contributed by atoms with Crippen molar-refractivity contribution in [2.24, 2.45) is 0 Å². The number of hydrogen-bond donors (Lipinski definition) is 2. The fourth-order valence-electron chi connectivity index (χ4n) is 1.53. The Labute approximate surface area is 122 Å². The highest BCUT2D eigenvalue weighted by molar-refractivity contribution is 9.10. The van der Waals surface area contributed by atoms with Crippen molar-refractivity contribution in [3.63, 3.8) is 0 Å². The molecule has 0 saturated heterocycles. The Morgan fingerprint density at radius 1 is 1.26 bits per heavy atom. The molecule has 3 N–H and O–H groups in total. The van der Waals surface area contributed by atoms with Crippen LogP contribution in [0.1, 0.15) is 5.56 Å². The molecule has 0 unspecified atom stereocenters. The predicted molar refractivity (Wildman–Crippen MR) is 78.0 cm³/mol. The van der Waals surface area contributed by atoms with Crippen molar-refractivity contribution in [1.82, 2.24) is 0 Å². The van der Waals surface area contributed by atoms with Crippen LogP contribution in [0.3, 0.4) is 0 Å². The van der Waals surface area contributed by atoms with Gasteiger partial charge in [0.1, 0.15) is 11.9 Å². The molecule has 0 aliphatic rings. The van der Waals surface area contributed by atoms with Gasteiger partial charge in [-0.3, -0.25) is 0 Å². The van der Waals surface area contributed by atoms with Gasteiger partial charge in [0.05, 0.1) is 27.1 Å². The lowest BCUT2D eigenvalue weighted by Crippen LogP contribution is -1.99. The summed E-state index contributed by atoms with van der Waals surface area (Å²) < 4.78 is 13.8. The third kappa shape index (κ3) is 2.98. The maximum absolute atomic E-state index is 13.5. The highest BCUT2D eigenvalue weighted by Crippen LogP contribution is 2.31. The van der Waals surface area contributed by atoms with Crippen molar-refractivity contribution in [2.75, 3.05) is 11.1 Å². The van der Waals surface area contributed by atoms with Gasteiger partial charge >= 0.3 is 0 Å². The van der Waals surface area contributed by atoms with Gasteiger partial charge in [-0.05, 0) is 40.2 Å². The molecule has 0 bridgehead atoms. The molecule has 3 nitrogen and oxygen atoms in total. The van der Waals surface area contributed by atoms with Crippen LogP contribution in [0.15, 0.2) is 34.8 Å². The Bertz CT molecular complexity index is 682. The Morgan fingerprint density at radius 2 is 2.00 bits per heavy atom. The minimum Gasteiger partial charge on any atom is -0.397 e. The molecule has 2 rings (SSSR count). The average Bonchev–Trinajstić information content (AvgIpc) is 2.36. The van der Waals surface area contributed by atoms with E-state index in [0.717, 1.165) is 0 Å². The van der Waals surface area contributed by atoms with Crippen LogP contribution in [0, 0.1) is 17.1 Å². The average molecular weight is 341 g/mol. The zero-order valence-corrected chi connectivity index (χ0v) is 11.9.